The van der Waals surface area contributed by atoms with Crippen LogP contribution in [0.25, 0.3) is 0 Å². The van der Waals surface area contributed by atoms with Crippen LogP contribution in [0.15, 0.2) is 13.6 Å². The SMILES string of the molecule is O=C1CN(CC(=O)c2cc(Br)sc2Br)CCN1. The van der Waals surface area contributed by atoms with Crippen molar-refractivity contribution >= 4 is 54.9 Å². The molecule has 1 N–H and O–H groups in total. The van der Waals surface area contributed by atoms with Gasteiger partial charge in [0.25, 0.3) is 0 Å². The molecule has 17 heavy (non-hydrogen) atoms. The summed E-state index contributed by atoms with van der Waals surface area (Å²) in [7, 11) is 0. The van der Waals surface area contributed by atoms with E-state index in [1.807, 2.05) is 4.90 Å². The van der Waals surface area contributed by atoms with Crippen LogP contribution >= 0.6 is 43.2 Å². The van der Waals surface area contributed by atoms with E-state index in [2.05, 4.69) is 37.2 Å². The van der Waals surface area contributed by atoms with Crippen molar-refractivity contribution in [3.8, 4) is 0 Å². The van der Waals surface area contributed by atoms with Gasteiger partial charge in [0.15, 0.2) is 5.78 Å². The lowest BCUT2D eigenvalue weighted by molar-refractivity contribution is -0.123. The molecule has 2 rings (SSSR count). The molecule has 7 heteroatoms. The van der Waals surface area contributed by atoms with Gasteiger partial charge in [-0.3, -0.25) is 14.5 Å². The van der Waals surface area contributed by atoms with Crippen molar-refractivity contribution in [2.45, 2.75) is 0 Å². The Morgan fingerprint density at radius 2 is 2.29 bits per heavy atom. The lowest BCUT2D eigenvalue weighted by Gasteiger charge is -2.25. The quantitative estimate of drug-likeness (QED) is 0.813. The number of ketones is 1. The highest BCUT2D eigenvalue weighted by Gasteiger charge is 2.21. The lowest BCUT2D eigenvalue weighted by Crippen LogP contribution is -2.49. The molecule has 1 fully saturated rings. The van der Waals surface area contributed by atoms with E-state index < -0.39 is 0 Å². The molecule has 92 valence electrons. The second-order valence-electron chi connectivity index (χ2n) is 3.72. The van der Waals surface area contributed by atoms with Gasteiger partial charge in [0.2, 0.25) is 5.91 Å². The predicted octanol–water partition coefficient (Wildman–Crippen LogP) is 1.89. The number of hydrogen-bond donors (Lipinski definition) is 1. The number of nitrogens with zero attached hydrogens (tertiary/aromatic N) is 1. The summed E-state index contributed by atoms with van der Waals surface area (Å²) >= 11 is 8.18. The third kappa shape index (κ3) is 3.37. The Kier molecular flexibility index (Phi) is 4.35. The van der Waals surface area contributed by atoms with Crippen LogP contribution < -0.4 is 5.32 Å². The molecule has 0 spiro atoms. The fourth-order valence-corrected chi connectivity index (χ4v) is 4.50. The summed E-state index contributed by atoms with van der Waals surface area (Å²) in [6.45, 7) is 1.92. The van der Waals surface area contributed by atoms with E-state index >= 15 is 0 Å². The van der Waals surface area contributed by atoms with Gasteiger partial charge in [0.05, 0.1) is 20.7 Å². The average molecular weight is 382 g/mol. The minimum absolute atomic E-state index is 0.0189. The first-order valence-corrected chi connectivity index (χ1v) is 7.43. The molecule has 0 bridgehead atoms. The van der Waals surface area contributed by atoms with Crippen molar-refractivity contribution in [3.05, 3.63) is 19.2 Å². The Morgan fingerprint density at radius 1 is 1.53 bits per heavy atom. The van der Waals surface area contributed by atoms with Gasteiger partial charge >= 0.3 is 0 Å². The van der Waals surface area contributed by atoms with Crippen LogP contribution in [0.2, 0.25) is 0 Å². The molecule has 0 saturated carbocycles. The van der Waals surface area contributed by atoms with Crippen molar-refractivity contribution in [1.82, 2.24) is 10.2 Å². The normalized spacial score (nSPS) is 16.9. The first-order valence-electron chi connectivity index (χ1n) is 5.03. The molecule has 0 radical (unpaired) electrons. The number of nitrogens with one attached hydrogen (secondary N) is 1. The van der Waals surface area contributed by atoms with Gasteiger partial charge < -0.3 is 5.32 Å². The summed E-state index contributed by atoms with van der Waals surface area (Å²) in [5.41, 5.74) is 0.674. The molecule has 0 atom stereocenters. The molecule has 0 aromatic carbocycles. The van der Waals surface area contributed by atoms with Crippen LogP contribution in [0, 0.1) is 0 Å². The van der Waals surface area contributed by atoms with E-state index in [0.29, 0.717) is 18.7 Å². The van der Waals surface area contributed by atoms with Gasteiger partial charge in [-0.05, 0) is 37.9 Å². The first-order chi connectivity index (χ1) is 8.06. The Labute approximate surface area is 120 Å². The van der Waals surface area contributed by atoms with Gasteiger partial charge in [0.1, 0.15) is 0 Å². The van der Waals surface area contributed by atoms with Gasteiger partial charge in [-0.1, -0.05) is 0 Å². The molecule has 1 aromatic heterocycles. The second-order valence-corrected chi connectivity index (χ2v) is 7.47. The summed E-state index contributed by atoms with van der Waals surface area (Å²) in [6.07, 6.45) is 0. The summed E-state index contributed by atoms with van der Waals surface area (Å²) in [4.78, 5) is 25.1. The smallest absolute Gasteiger partial charge is 0.234 e. The maximum atomic E-state index is 12.0. The summed E-state index contributed by atoms with van der Waals surface area (Å²) < 4.78 is 1.75. The van der Waals surface area contributed by atoms with Crippen LogP contribution in [0.3, 0.4) is 0 Å². The summed E-state index contributed by atoms with van der Waals surface area (Å²) in [6, 6.07) is 1.81. The molecule has 1 aliphatic rings. The number of thiophene rings is 1. The Bertz CT molecular complexity index is 461. The second kappa shape index (κ2) is 5.60. The first kappa shape index (κ1) is 13.2. The lowest BCUT2D eigenvalue weighted by atomic mass is 10.2. The molecule has 1 aromatic rings. The maximum Gasteiger partial charge on any atom is 0.234 e. The number of halogens is 2. The van der Waals surface area contributed by atoms with E-state index in [9.17, 15) is 9.59 Å². The topological polar surface area (TPSA) is 49.4 Å². The molecule has 4 nitrogen and oxygen atoms in total. The molecule has 2 heterocycles. The largest absolute Gasteiger partial charge is 0.354 e. The zero-order valence-electron chi connectivity index (χ0n) is 8.83. The average Bonchev–Trinajstić information content (AvgIpc) is 2.58. The maximum absolute atomic E-state index is 12.0. The number of Topliss-reactive ketones (excluding diaryl/α,β-unsaturated/α-hetero) is 1. The fraction of sp³-hybridized carbons (Fsp3) is 0.400. The third-order valence-corrected chi connectivity index (χ3v) is 4.78. The zero-order chi connectivity index (χ0) is 12.4. The zero-order valence-corrected chi connectivity index (χ0v) is 12.8. The standard InChI is InChI=1S/C10H10Br2N2O2S/c11-8-3-6(10(12)17-8)7(15)4-14-2-1-13-9(16)5-14/h3H,1-2,4-5H2,(H,13,16). The molecular weight excluding hydrogens is 372 g/mol. The Hall–Kier alpha value is -0.240. The van der Waals surface area contributed by atoms with Crippen LogP contribution in [-0.2, 0) is 4.79 Å². The van der Waals surface area contributed by atoms with E-state index in [1.165, 1.54) is 11.3 Å². The van der Waals surface area contributed by atoms with Gasteiger partial charge in [-0.15, -0.1) is 11.3 Å². The number of carbonyl (C=O) groups excluding carboxylic acids is 2. The van der Waals surface area contributed by atoms with Crippen molar-refractivity contribution in [3.63, 3.8) is 0 Å². The fourth-order valence-electron chi connectivity index (χ4n) is 1.65. The van der Waals surface area contributed by atoms with Crippen molar-refractivity contribution in [1.29, 1.82) is 0 Å². The van der Waals surface area contributed by atoms with Gasteiger partial charge in [0, 0.05) is 18.7 Å². The highest BCUT2D eigenvalue weighted by atomic mass is 79.9. The van der Waals surface area contributed by atoms with Crippen LogP contribution in [0.5, 0.6) is 0 Å². The van der Waals surface area contributed by atoms with Gasteiger partial charge in [-0.2, -0.15) is 0 Å². The minimum atomic E-state index is -0.0189. The molecule has 0 unspecified atom stereocenters. The Morgan fingerprint density at radius 3 is 2.88 bits per heavy atom. The highest BCUT2D eigenvalue weighted by molar-refractivity contribution is 9.12. The molecule has 1 aliphatic heterocycles. The number of hydrogen-bond acceptors (Lipinski definition) is 4. The van der Waals surface area contributed by atoms with Crippen LogP contribution in [0.1, 0.15) is 10.4 Å². The number of amides is 1. The van der Waals surface area contributed by atoms with E-state index in [4.69, 9.17) is 0 Å². The van der Waals surface area contributed by atoms with Crippen LogP contribution in [0.4, 0.5) is 0 Å². The highest BCUT2D eigenvalue weighted by Crippen LogP contribution is 2.32. The number of piperazine rings is 1. The Balaban J connectivity index is 2.01. The monoisotopic (exact) mass is 380 g/mol. The molecule has 1 amide bonds. The summed E-state index contributed by atoms with van der Waals surface area (Å²) in [5, 5.41) is 2.73. The van der Waals surface area contributed by atoms with Crippen molar-refractivity contribution in [2.75, 3.05) is 26.2 Å². The molecule has 1 saturated heterocycles. The molecular formula is C10H10Br2N2O2S. The van der Waals surface area contributed by atoms with E-state index in [-0.39, 0.29) is 18.2 Å². The van der Waals surface area contributed by atoms with E-state index in [1.54, 1.807) is 6.07 Å². The van der Waals surface area contributed by atoms with Gasteiger partial charge in [-0.25, -0.2) is 0 Å². The van der Waals surface area contributed by atoms with Crippen molar-refractivity contribution < 1.29 is 9.59 Å². The summed E-state index contributed by atoms with van der Waals surface area (Å²) in [5.74, 6) is 0.0168. The number of carbonyl (C=O) groups is 2. The number of rotatable bonds is 3. The van der Waals surface area contributed by atoms with Crippen LogP contribution in [-0.4, -0.2) is 42.8 Å². The van der Waals surface area contributed by atoms with Crippen molar-refractivity contribution in [2.24, 2.45) is 0 Å². The molecule has 0 aliphatic carbocycles. The predicted molar refractivity (Wildman–Crippen MR) is 73.5 cm³/mol. The third-order valence-electron chi connectivity index (χ3n) is 2.44. The minimum Gasteiger partial charge on any atom is -0.354 e. The van der Waals surface area contributed by atoms with E-state index in [0.717, 1.165) is 14.1 Å².